The third kappa shape index (κ3) is 2050. The van der Waals surface area contributed by atoms with Gasteiger partial charge in [-0.3, -0.25) is 0 Å². The smallest absolute Gasteiger partial charge is 0.0883 e. The number of nitrogens with two attached hydrogens (primary N) is 2. The summed E-state index contributed by atoms with van der Waals surface area (Å²) in [5.74, 6) is 0.505. The highest BCUT2D eigenvalue weighted by molar-refractivity contribution is 4.79. The summed E-state index contributed by atoms with van der Waals surface area (Å²) in [5.41, 5.74) is 11.7. The summed E-state index contributed by atoms with van der Waals surface area (Å²) in [4.78, 5) is 0. The van der Waals surface area contributed by atoms with Crippen molar-refractivity contribution in [1.29, 1.82) is 0 Å². The fourth-order valence-corrected chi connectivity index (χ4v) is 0. The van der Waals surface area contributed by atoms with Crippen LogP contribution in [-0.2, 0) is 0 Å². The molecule has 0 fully saturated rings. The summed E-state index contributed by atoms with van der Waals surface area (Å²) in [6, 6.07) is 0. The third-order valence-corrected chi connectivity index (χ3v) is 0.321. The molecule has 0 atom stereocenters. The Balaban J connectivity index is -0.000000117. The molecule has 78 valence electrons. The predicted octanol–water partition coefficient (Wildman–Crippen LogP) is 1.70. The summed E-state index contributed by atoms with van der Waals surface area (Å²) in [6.45, 7) is 15.9. The SMILES string of the molecule is C=C(C)C.C=C(C)N.C=C(N)NC. The molecule has 0 saturated heterocycles. The Kier molecular flexibility index (Phi) is 17.9. The van der Waals surface area contributed by atoms with E-state index in [0.717, 1.165) is 0 Å². The van der Waals surface area contributed by atoms with Gasteiger partial charge in [0, 0.05) is 7.05 Å². The van der Waals surface area contributed by atoms with Crippen LogP contribution in [-0.4, -0.2) is 7.05 Å². The van der Waals surface area contributed by atoms with E-state index in [4.69, 9.17) is 11.5 Å². The summed E-state index contributed by atoms with van der Waals surface area (Å²) < 4.78 is 0. The molecule has 0 aliphatic rings. The van der Waals surface area contributed by atoms with E-state index in [2.05, 4.69) is 25.1 Å². The maximum absolute atomic E-state index is 4.99. The van der Waals surface area contributed by atoms with Gasteiger partial charge in [0.25, 0.3) is 0 Å². The van der Waals surface area contributed by atoms with Crippen LogP contribution in [0.5, 0.6) is 0 Å². The molecule has 13 heavy (non-hydrogen) atoms. The van der Waals surface area contributed by atoms with Crippen molar-refractivity contribution in [2.24, 2.45) is 11.5 Å². The molecule has 0 radical (unpaired) electrons. The first-order valence-corrected chi connectivity index (χ1v) is 3.89. The minimum Gasteiger partial charge on any atom is -0.403 e. The van der Waals surface area contributed by atoms with Crippen LogP contribution in [0, 0.1) is 0 Å². The van der Waals surface area contributed by atoms with Gasteiger partial charge in [-0.1, -0.05) is 18.7 Å². The Morgan fingerprint density at radius 2 is 1.08 bits per heavy atom. The highest BCUT2D eigenvalue weighted by Gasteiger charge is 1.62. The molecule has 0 heterocycles. The van der Waals surface area contributed by atoms with Gasteiger partial charge in [0.2, 0.25) is 0 Å². The van der Waals surface area contributed by atoms with Crippen molar-refractivity contribution in [3.8, 4) is 0 Å². The van der Waals surface area contributed by atoms with Gasteiger partial charge in [0.15, 0.2) is 0 Å². The van der Waals surface area contributed by atoms with Gasteiger partial charge in [0.05, 0.1) is 5.82 Å². The molecule has 0 aromatic carbocycles. The van der Waals surface area contributed by atoms with E-state index in [-0.39, 0.29) is 0 Å². The molecule has 0 aliphatic carbocycles. The Labute approximate surface area is 82.2 Å². The molecule has 0 aromatic rings. The van der Waals surface area contributed by atoms with Crippen LogP contribution < -0.4 is 16.8 Å². The molecule has 0 aromatic heterocycles. The van der Waals surface area contributed by atoms with Gasteiger partial charge >= 0.3 is 0 Å². The Hall–Kier alpha value is -1.38. The maximum atomic E-state index is 4.99. The lowest BCUT2D eigenvalue weighted by atomic mass is 10.4. The van der Waals surface area contributed by atoms with Crippen molar-refractivity contribution < 1.29 is 0 Å². The van der Waals surface area contributed by atoms with E-state index in [1.807, 2.05) is 13.8 Å². The largest absolute Gasteiger partial charge is 0.403 e. The van der Waals surface area contributed by atoms with Crippen molar-refractivity contribution in [1.82, 2.24) is 5.32 Å². The van der Waals surface area contributed by atoms with Crippen LogP contribution in [0.2, 0.25) is 0 Å². The van der Waals surface area contributed by atoms with Crippen LogP contribution >= 0.6 is 0 Å². The molecule has 0 saturated carbocycles. The second kappa shape index (κ2) is 13.2. The van der Waals surface area contributed by atoms with E-state index in [9.17, 15) is 0 Å². The fraction of sp³-hybridized carbons (Fsp3) is 0.400. The van der Waals surface area contributed by atoms with Crippen LogP contribution in [0.25, 0.3) is 0 Å². The zero-order chi connectivity index (χ0) is 11.4. The minimum atomic E-state index is 0.505. The van der Waals surface area contributed by atoms with Crippen LogP contribution in [0.4, 0.5) is 0 Å². The van der Waals surface area contributed by atoms with E-state index in [1.165, 1.54) is 5.57 Å². The van der Waals surface area contributed by atoms with Crippen molar-refractivity contribution in [3.63, 3.8) is 0 Å². The molecule has 0 aliphatic heterocycles. The van der Waals surface area contributed by atoms with E-state index in [1.54, 1.807) is 14.0 Å². The maximum Gasteiger partial charge on any atom is 0.0883 e. The molecule has 3 heteroatoms. The van der Waals surface area contributed by atoms with Gasteiger partial charge in [-0.25, -0.2) is 0 Å². The third-order valence-electron chi connectivity index (χ3n) is 0.321. The number of allylic oxidation sites excluding steroid dienone is 2. The molecule has 0 rings (SSSR count). The van der Waals surface area contributed by atoms with E-state index >= 15 is 0 Å². The zero-order valence-corrected chi connectivity index (χ0v) is 9.28. The molecule has 0 unspecified atom stereocenters. The number of nitrogens with one attached hydrogen (secondary N) is 1. The van der Waals surface area contributed by atoms with Crippen LogP contribution in [0.1, 0.15) is 20.8 Å². The first kappa shape index (κ1) is 17.6. The molecule has 0 spiro atoms. The lowest BCUT2D eigenvalue weighted by Crippen LogP contribution is -2.11. The first-order valence-electron chi connectivity index (χ1n) is 3.89. The summed E-state index contributed by atoms with van der Waals surface area (Å²) in [6.07, 6.45) is 0. The zero-order valence-electron chi connectivity index (χ0n) is 9.28. The monoisotopic (exact) mass is 185 g/mol. The lowest BCUT2D eigenvalue weighted by Gasteiger charge is -1.88. The molecular weight excluding hydrogens is 162 g/mol. The van der Waals surface area contributed by atoms with Crippen LogP contribution in [0.15, 0.2) is 36.8 Å². The molecular formula is C10H23N3. The van der Waals surface area contributed by atoms with Gasteiger partial charge in [0.1, 0.15) is 0 Å². The van der Waals surface area contributed by atoms with Crippen LogP contribution in [0.3, 0.4) is 0 Å². The second-order valence-corrected chi connectivity index (χ2v) is 2.83. The highest BCUT2D eigenvalue weighted by Crippen LogP contribution is 1.73. The Morgan fingerprint density at radius 3 is 1.08 bits per heavy atom. The van der Waals surface area contributed by atoms with Gasteiger partial charge in [-0.2, -0.15) is 0 Å². The van der Waals surface area contributed by atoms with Crippen molar-refractivity contribution >= 4 is 0 Å². The second-order valence-electron chi connectivity index (χ2n) is 2.83. The van der Waals surface area contributed by atoms with Gasteiger partial charge in [-0.05, 0) is 26.5 Å². The normalized spacial score (nSPS) is 6.46. The molecule has 3 nitrogen and oxygen atoms in total. The van der Waals surface area contributed by atoms with Gasteiger partial charge < -0.3 is 16.8 Å². The van der Waals surface area contributed by atoms with Crippen molar-refractivity contribution in [2.75, 3.05) is 7.05 Å². The Bertz CT molecular complexity index is 140. The summed E-state index contributed by atoms with van der Waals surface area (Å²) >= 11 is 0. The van der Waals surface area contributed by atoms with Crippen molar-refractivity contribution in [3.05, 3.63) is 36.8 Å². The van der Waals surface area contributed by atoms with E-state index < -0.39 is 0 Å². The Morgan fingerprint density at radius 1 is 1.00 bits per heavy atom. The lowest BCUT2D eigenvalue weighted by molar-refractivity contribution is 0.974. The summed E-state index contributed by atoms with van der Waals surface area (Å²) in [7, 11) is 1.72. The topological polar surface area (TPSA) is 64.1 Å². The standard InChI is InChI=1S/C4H8.C3H8N2.C3H7N/c1-4(2)3;1-3(4)5-2;1-3(2)4/h1H2,2-3H3;5H,1,4H2,2H3;1,4H2,2H3. The molecule has 0 bridgehead atoms. The quantitative estimate of drug-likeness (QED) is 0.545. The minimum absolute atomic E-state index is 0.505. The summed E-state index contributed by atoms with van der Waals surface area (Å²) in [5, 5.41) is 2.61. The molecule has 5 N–H and O–H groups in total. The number of hydrogen-bond acceptors (Lipinski definition) is 3. The molecule has 0 amide bonds. The predicted molar refractivity (Wildman–Crippen MR) is 61.9 cm³/mol. The van der Waals surface area contributed by atoms with E-state index in [0.29, 0.717) is 11.5 Å². The van der Waals surface area contributed by atoms with Gasteiger partial charge in [-0.15, -0.1) is 6.58 Å². The highest BCUT2D eigenvalue weighted by atomic mass is 14.9. The first-order chi connectivity index (χ1) is 5.73. The number of rotatable bonds is 1. The fourth-order valence-electron chi connectivity index (χ4n) is 0. The average Bonchev–Trinajstić information content (AvgIpc) is 1.84. The number of hydrogen-bond donors (Lipinski definition) is 3. The average molecular weight is 185 g/mol. The van der Waals surface area contributed by atoms with Crippen molar-refractivity contribution in [2.45, 2.75) is 20.8 Å².